The van der Waals surface area contributed by atoms with E-state index in [1.54, 1.807) is 0 Å². The summed E-state index contributed by atoms with van der Waals surface area (Å²) in [5, 5.41) is 0. The van der Waals surface area contributed by atoms with Gasteiger partial charge in [0, 0.05) is 19.5 Å². The van der Waals surface area contributed by atoms with Crippen molar-refractivity contribution in [3.05, 3.63) is 64.2 Å². The van der Waals surface area contributed by atoms with Crippen LogP contribution >= 0.6 is 0 Å². The fourth-order valence-electron chi connectivity index (χ4n) is 4.17. The Kier molecular flexibility index (Phi) is 4.27. The number of nitrogens with zero attached hydrogens (tertiary/aromatic N) is 1. The van der Waals surface area contributed by atoms with Gasteiger partial charge in [0.25, 0.3) is 5.91 Å². The van der Waals surface area contributed by atoms with E-state index in [0.29, 0.717) is 30.8 Å². The van der Waals surface area contributed by atoms with Gasteiger partial charge in [0.15, 0.2) is 12.4 Å². The Balaban J connectivity index is 1.47. The van der Waals surface area contributed by atoms with Gasteiger partial charge in [-0.3, -0.25) is 9.59 Å². The lowest BCUT2D eigenvalue weighted by Gasteiger charge is -2.29. The third-order valence-corrected chi connectivity index (χ3v) is 5.52. The Labute approximate surface area is 153 Å². The first-order valence-electron chi connectivity index (χ1n) is 9.18. The zero-order chi connectivity index (χ0) is 18.3. The number of ether oxygens (including phenoxy) is 1. The SMILES string of the molecule is Cc1ccc(OCC(=O)N2CCc3ccccc3C2)c2c1[C@@H](C)CC2=O. The molecule has 4 heteroatoms. The lowest BCUT2D eigenvalue weighted by molar-refractivity contribution is -0.134. The minimum absolute atomic E-state index is 0.0284. The second-order valence-electron chi connectivity index (χ2n) is 7.32. The van der Waals surface area contributed by atoms with Gasteiger partial charge in [-0.2, -0.15) is 0 Å². The first kappa shape index (κ1) is 16.8. The summed E-state index contributed by atoms with van der Waals surface area (Å²) in [6.45, 7) is 5.39. The Bertz CT molecular complexity index is 887. The van der Waals surface area contributed by atoms with Gasteiger partial charge in [-0.1, -0.05) is 37.3 Å². The summed E-state index contributed by atoms with van der Waals surface area (Å²) in [5.41, 5.74) is 5.38. The Morgan fingerprint density at radius 1 is 1.19 bits per heavy atom. The molecule has 0 aromatic heterocycles. The summed E-state index contributed by atoms with van der Waals surface area (Å²) in [6.07, 6.45) is 1.39. The highest BCUT2D eigenvalue weighted by atomic mass is 16.5. The molecule has 134 valence electrons. The number of amides is 1. The number of benzene rings is 2. The molecule has 0 radical (unpaired) electrons. The highest BCUT2D eigenvalue weighted by Crippen LogP contribution is 2.40. The van der Waals surface area contributed by atoms with Crippen molar-refractivity contribution in [1.29, 1.82) is 0 Å². The number of carbonyl (C=O) groups excluding carboxylic acids is 2. The largest absolute Gasteiger partial charge is 0.483 e. The summed E-state index contributed by atoms with van der Waals surface area (Å²) >= 11 is 0. The number of fused-ring (bicyclic) bond motifs is 2. The average molecular weight is 349 g/mol. The van der Waals surface area contributed by atoms with Crippen LogP contribution in [0.4, 0.5) is 0 Å². The molecule has 0 saturated heterocycles. The molecule has 0 N–H and O–H groups in total. The third-order valence-electron chi connectivity index (χ3n) is 5.52. The van der Waals surface area contributed by atoms with E-state index in [0.717, 1.165) is 17.5 Å². The summed E-state index contributed by atoms with van der Waals surface area (Å²) in [4.78, 5) is 26.8. The summed E-state index contributed by atoms with van der Waals surface area (Å²) in [5.74, 6) is 0.846. The molecule has 26 heavy (non-hydrogen) atoms. The van der Waals surface area contributed by atoms with Crippen LogP contribution in [0.15, 0.2) is 36.4 Å². The topological polar surface area (TPSA) is 46.6 Å². The van der Waals surface area contributed by atoms with E-state index in [9.17, 15) is 9.59 Å². The fourth-order valence-corrected chi connectivity index (χ4v) is 4.17. The van der Waals surface area contributed by atoms with Crippen molar-refractivity contribution in [1.82, 2.24) is 4.90 Å². The van der Waals surface area contributed by atoms with E-state index in [4.69, 9.17) is 4.74 Å². The van der Waals surface area contributed by atoms with E-state index in [2.05, 4.69) is 19.1 Å². The van der Waals surface area contributed by atoms with E-state index < -0.39 is 0 Å². The zero-order valence-electron chi connectivity index (χ0n) is 15.2. The molecule has 0 bridgehead atoms. The summed E-state index contributed by atoms with van der Waals surface area (Å²) < 4.78 is 5.81. The van der Waals surface area contributed by atoms with Crippen molar-refractivity contribution >= 4 is 11.7 Å². The van der Waals surface area contributed by atoms with Gasteiger partial charge in [0.2, 0.25) is 0 Å². The lowest BCUT2D eigenvalue weighted by Crippen LogP contribution is -2.38. The fraction of sp³-hybridized carbons (Fsp3) is 0.364. The average Bonchev–Trinajstić information content (AvgIpc) is 2.96. The van der Waals surface area contributed by atoms with Crippen molar-refractivity contribution in [2.45, 2.75) is 39.2 Å². The number of rotatable bonds is 3. The number of hydrogen-bond acceptors (Lipinski definition) is 3. The molecule has 2 aromatic carbocycles. The number of hydrogen-bond donors (Lipinski definition) is 0. The maximum absolute atomic E-state index is 12.6. The standard InChI is InChI=1S/C22H23NO3/c1-14-7-8-19(22-18(24)11-15(2)21(14)22)26-13-20(25)23-10-9-16-5-3-4-6-17(16)12-23/h3-8,15H,9-13H2,1-2H3/t15-/m0/s1. The maximum atomic E-state index is 12.6. The molecule has 1 heterocycles. The van der Waals surface area contributed by atoms with Crippen LogP contribution in [0.25, 0.3) is 0 Å². The number of carbonyl (C=O) groups is 2. The highest BCUT2D eigenvalue weighted by Gasteiger charge is 2.31. The molecule has 2 aromatic rings. The third kappa shape index (κ3) is 2.90. The summed E-state index contributed by atoms with van der Waals surface area (Å²) in [7, 11) is 0. The van der Waals surface area contributed by atoms with Gasteiger partial charge >= 0.3 is 0 Å². The first-order valence-corrected chi connectivity index (χ1v) is 9.18. The summed E-state index contributed by atoms with van der Waals surface area (Å²) in [6, 6.07) is 12.0. The van der Waals surface area contributed by atoms with Crippen LogP contribution in [0.3, 0.4) is 0 Å². The zero-order valence-corrected chi connectivity index (χ0v) is 15.2. The Morgan fingerprint density at radius 2 is 1.96 bits per heavy atom. The monoisotopic (exact) mass is 349 g/mol. The van der Waals surface area contributed by atoms with Crippen LogP contribution in [-0.4, -0.2) is 29.7 Å². The van der Waals surface area contributed by atoms with Gasteiger partial charge in [-0.05, 0) is 47.6 Å². The molecular weight excluding hydrogens is 326 g/mol. The van der Waals surface area contributed by atoms with E-state index in [1.807, 2.05) is 36.1 Å². The predicted octanol–water partition coefficient (Wildman–Crippen LogP) is 3.65. The van der Waals surface area contributed by atoms with Crippen LogP contribution in [0, 0.1) is 6.92 Å². The lowest BCUT2D eigenvalue weighted by atomic mass is 9.97. The molecule has 4 rings (SSSR count). The maximum Gasteiger partial charge on any atom is 0.260 e. The number of ketones is 1. The molecule has 0 saturated carbocycles. The Morgan fingerprint density at radius 3 is 2.77 bits per heavy atom. The van der Waals surface area contributed by atoms with E-state index >= 15 is 0 Å². The van der Waals surface area contributed by atoms with Crippen LogP contribution in [0.1, 0.15) is 51.9 Å². The van der Waals surface area contributed by atoms with Crippen molar-refractivity contribution in [2.24, 2.45) is 0 Å². The minimum atomic E-state index is -0.0349. The first-order chi connectivity index (χ1) is 12.5. The molecule has 1 amide bonds. The van der Waals surface area contributed by atoms with Gasteiger partial charge in [-0.25, -0.2) is 0 Å². The van der Waals surface area contributed by atoms with Crippen LogP contribution < -0.4 is 4.74 Å². The van der Waals surface area contributed by atoms with Crippen molar-refractivity contribution in [3.63, 3.8) is 0 Å². The van der Waals surface area contributed by atoms with Crippen LogP contribution in [0.5, 0.6) is 5.75 Å². The molecule has 0 spiro atoms. The Hall–Kier alpha value is -2.62. The van der Waals surface area contributed by atoms with Crippen LogP contribution in [-0.2, 0) is 17.8 Å². The quantitative estimate of drug-likeness (QED) is 0.850. The molecule has 0 fully saturated rings. The molecule has 4 nitrogen and oxygen atoms in total. The van der Waals surface area contributed by atoms with Crippen LogP contribution in [0.2, 0.25) is 0 Å². The molecule has 1 aliphatic carbocycles. The molecule has 1 aliphatic heterocycles. The van der Waals surface area contributed by atoms with Gasteiger partial charge < -0.3 is 9.64 Å². The number of Topliss-reactive ketones (excluding diaryl/α,β-unsaturated/α-hetero) is 1. The predicted molar refractivity (Wildman–Crippen MR) is 99.6 cm³/mol. The van der Waals surface area contributed by atoms with Gasteiger partial charge in [-0.15, -0.1) is 0 Å². The second-order valence-corrected chi connectivity index (χ2v) is 7.32. The molecule has 2 aliphatic rings. The van der Waals surface area contributed by atoms with Crippen molar-refractivity contribution < 1.29 is 14.3 Å². The van der Waals surface area contributed by atoms with E-state index in [-0.39, 0.29) is 24.2 Å². The number of aryl methyl sites for hydroxylation is 1. The van der Waals surface area contributed by atoms with E-state index in [1.165, 1.54) is 11.1 Å². The van der Waals surface area contributed by atoms with Gasteiger partial charge in [0.05, 0.1) is 5.56 Å². The van der Waals surface area contributed by atoms with Gasteiger partial charge in [0.1, 0.15) is 5.75 Å². The molecular formula is C22H23NO3. The van der Waals surface area contributed by atoms with Crippen molar-refractivity contribution in [2.75, 3.05) is 13.2 Å². The highest BCUT2D eigenvalue weighted by molar-refractivity contribution is 6.04. The van der Waals surface area contributed by atoms with Crippen molar-refractivity contribution in [3.8, 4) is 5.75 Å². The molecule has 1 atom stereocenters. The minimum Gasteiger partial charge on any atom is -0.483 e. The second kappa shape index (κ2) is 6.60. The smallest absolute Gasteiger partial charge is 0.260 e. The molecule has 0 unspecified atom stereocenters. The normalized spacial score (nSPS) is 18.5.